The van der Waals surface area contributed by atoms with Crippen LogP contribution in [0.5, 0.6) is 0 Å². The Hall–Kier alpha value is -2.87. The first kappa shape index (κ1) is 23.9. The number of fused-ring (bicyclic) bond motifs is 2. The number of carbonyl (C=O) groups excluding carboxylic acids is 2. The molecule has 1 unspecified atom stereocenters. The molecule has 2 aliphatic heterocycles. The number of halogens is 3. The molecule has 3 aliphatic rings. The van der Waals surface area contributed by atoms with E-state index in [0.717, 1.165) is 24.5 Å². The van der Waals surface area contributed by atoms with Gasteiger partial charge < -0.3 is 16.0 Å². The zero-order chi connectivity index (χ0) is 24.7. The molecule has 2 heterocycles. The van der Waals surface area contributed by atoms with Gasteiger partial charge in [0.05, 0.1) is 0 Å². The highest BCUT2D eigenvalue weighted by Gasteiger charge is 2.61. The van der Waals surface area contributed by atoms with Crippen molar-refractivity contribution in [3.8, 4) is 0 Å². The summed E-state index contributed by atoms with van der Waals surface area (Å²) >= 11 is 0. The van der Waals surface area contributed by atoms with Gasteiger partial charge in [-0.05, 0) is 68.1 Å². The van der Waals surface area contributed by atoms with E-state index in [9.17, 15) is 22.8 Å². The molecular formula is C27H30F3N3O2. The molecule has 3 N–H and O–H groups in total. The molecule has 2 bridgehead atoms. The van der Waals surface area contributed by atoms with Crippen LogP contribution in [-0.4, -0.2) is 34.8 Å². The third kappa shape index (κ3) is 4.56. The second-order valence-corrected chi connectivity index (χ2v) is 10.3. The van der Waals surface area contributed by atoms with Crippen LogP contribution in [0.25, 0.3) is 0 Å². The molecule has 8 heteroatoms. The second kappa shape index (κ2) is 9.30. The summed E-state index contributed by atoms with van der Waals surface area (Å²) in [7, 11) is 0. The fraction of sp³-hybridized carbons (Fsp3) is 0.481. The maximum atomic E-state index is 14.1. The quantitative estimate of drug-likeness (QED) is 0.462. The zero-order valence-corrected chi connectivity index (χ0v) is 19.5. The molecule has 0 aromatic heterocycles. The van der Waals surface area contributed by atoms with E-state index in [0.29, 0.717) is 38.3 Å². The van der Waals surface area contributed by atoms with Crippen molar-refractivity contribution in [1.82, 2.24) is 10.2 Å². The number of hydrogen-bond donors (Lipinski definition) is 2. The van der Waals surface area contributed by atoms with Crippen LogP contribution in [0.2, 0.25) is 0 Å². The molecule has 2 saturated heterocycles. The molecule has 2 aromatic carbocycles. The standard InChI is InChI=1S/C27H30F3N3O2/c28-21-14-23(30)22(29)12-17(21)13-24(31)18-10-19-6-7-20(11-18)33(19)26(35)27(8-9-27)25(34)32-15-16-4-2-1-3-5-16/h1-5,12,14,18-20,24H,6-11,13,15,31H2,(H,32,34)/t18?,19-,20+,24-/m1/s1. The maximum absolute atomic E-state index is 14.1. The fourth-order valence-corrected chi connectivity index (χ4v) is 5.90. The highest BCUT2D eigenvalue weighted by atomic mass is 19.2. The first-order valence-corrected chi connectivity index (χ1v) is 12.3. The topological polar surface area (TPSA) is 75.4 Å². The van der Waals surface area contributed by atoms with E-state index in [-0.39, 0.29) is 41.8 Å². The van der Waals surface area contributed by atoms with Crippen molar-refractivity contribution in [3.63, 3.8) is 0 Å². The largest absolute Gasteiger partial charge is 0.351 e. The van der Waals surface area contributed by atoms with E-state index >= 15 is 0 Å². The van der Waals surface area contributed by atoms with Gasteiger partial charge in [0.25, 0.3) is 0 Å². The van der Waals surface area contributed by atoms with Crippen LogP contribution in [-0.2, 0) is 22.6 Å². The van der Waals surface area contributed by atoms with E-state index in [1.54, 1.807) is 0 Å². The molecule has 0 radical (unpaired) electrons. The van der Waals surface area contributed by atoms with Crippen LogP contribution < -0.4 is 11.1 Å². The van der Waals surface area contributed by atoms with E-state index in [1.165, 1.54) is 0 Å². The van der Waals surface area contributed by atoms with Crippen molar-refractivity contribution in [3.05, 3.63) is 71.0 Å². The van der Waals surface area contributed by atoms with Gasteiger partial charge in [-0.2, -0.15) is 0 Å². The van der Waals surface area contributed by atoms with E-state index < -0.39 is 28.9 Å². The summed E-state index contributed by atoms with van der Waals surface area (Å²) in [5, 5.41) is 2.94. The van der Waals surface area contributed by atoms with Crippen LogP contribution in [0.15, 0.2) is 42.5 Å². The Bertz CT molecular complexity index is 1110. The highest BCUT2D eigenvalue weighted by Crippen LogP contribution is 2.51. The minimum Gasteiger partial charge on any atom is -0.351 e. The second-order valence-electron chi connectivity index (χ2n) is 10.3. The normalized spacial score (nSPS) is 25.3. The van der Waals surface area contributed by atoms with E-state index in [4.69, 9.17) is 5.73 Å². The first-order chi connectivity index (χ1) is 16.8. The molecule has 5 nitrogen and oxygen atoms in total. The van der Waals surface area contributed by atoms with Crippen molar-refractivity contribution >= 4 is 11.8 Å². The number of nitrogens with two attached hydrogens (primary N) is 1. The molecular weight excluding hydrogens is 455 g/mol. The summed E-state index contributed by atoms with van der Waals surface area (Å²) in [4.78, 5) is 28.5. The Morgan fingerprint density at radius 1 is 1.00 bits per heavy atom. The molecule has 2 amide bonds. The van der Waals surface area contributed by atoms with Crippen LogP contribution in [0.4, 0.5) is 13.2 Å². The van der Waals surface area contributed by atoms with Crippen LogP contribution in [0, 0.1) is 28.8 Å². The monoisotopic (exact) mass is 485 g/mol. The average Bonchev–Trinajstić information content (AvgIpc) is 3.62. The first-order valence-electron chi connectivity index (χ1n) is 12.3. The average molecular weight is 486 g/mol. The van der Waals surface area contributed by atoms with Crippen molar-refractivity contribution in [1.29, 1.82) is 0 Å². The van der Waals surface area contributed by atoms with Gasteiger partial charge in [-0.25, -0.2) is 13.2 Å². The maximum Gasteiger partial charge on any atom is 0.238 e. The summed E-state index contributed by atoms with van der Waals surface area (Å²) in [5.74, 6) is -3.37. The van der Waals surface area contributed by atoms with Crippen molar-refractivity contribution < 1.29 is 22.8 Å². The SMILES string of the molecule is N[C@H](Cc1cc(F)c(F)cc1F)C1C[C@H]2CC[C@@H](C1)N2C(=O)C1(C(=O)NCc2ccccc2)CC1. The minimum atomic E-state index is -1.22. The fourth-order valence-electron chi connectivity index (χ4n) is 5.90. The van der Waals surface area contributed by atoms with Gasteiger partial charge in [0.15, 0.2) is 11.6 Å². The number of carbonyl (C=O) groups is 2. The van der Waals surface area contributed by atoms with Gasteiger partial charge in [0.1, 0.15) is 11.2 Å². The smallest absolute Gasteiger partial charge is 0.238 e. The van der Waals surface area contributed by atoms with Crippen molar-refractivity contribution in [2.75, 3.05) is 0 Å². The predicted octanol–water partition coefficient (Wildman–Crippen LogP) is 3.84. The number of benzene rings is 2. The Morgan fingerprint density at radius 2 is 1.63 bits per heavy atom. The molecule has 0 spiro atoms. The Morgan fingerprint density at radius 3 is 2.26 bits per heavy atom. The molecule has 5 rings (SSSR count). The third-order valence-corrected chi connectivity index (χ3v) is 8.04. The molecule has 2 aromatic rings. The minimum absolute atomic E-state index is 0.00787. The summed E-state index contributed by atoms with van der Waals surface area (Å²) in [6.45, 7) is 0.388. The van der Waals surface area contributed by atoms with E-state index in [1.807, 2.05) is 35.2 Å². The van der Waals surface area contributed by atoms with Gasteiger partial charge in [0.2, 0.25) is 11.8 Å². The number of amides is 2. The molecule has 3 fully saturated rings. The van der Waals surface area contributed by atoms with E-state index in [2.05, 4.69) is 5.32 Å². The lowest BCUT2D eigenvalue weighted by Crippen LogP contribution is -2.54. The lowest BCUT2D eigenvalue weighted by Gasteiger charge is -2.42. The van der Waals surface area contributed by atoms with Gasteiger partial charge in [-0.15, -0.1) is 0 Å². The third-order valence-electron chi connectivity index (χ3n) is 8.04. The number of nitrogens with one attached hydrogen (secondary N) is 1. The molecule has 1 saturated carbocycles. The zero-order valence-electron chi connectivity index (χ0n) is 19.5. The lowest BCUT2D eigenvalue weighted by molar-refractivity contribution is -0.148. The Balaban J connectivity index is 1.22. The summed E-state index contributed by atoms with van der Waals surface area (Å²) in [6.07, 6.45) is 4.24. The van der Waals surface area contributed by atoms with Gasteiger partial charge >= 0.3 is 0 Å². The van der Waals surface area contributed by atoms with Gasteiger partial charge in [0, 0.05) is 30.7 Å². The van der Waals surface area contributed by atoms with Crippen molar-refractivity contribution in [2.45, 2.75) is 69.6 Å². The lowest BCUT2D eigenvalue weighted by atomic mass is 9.82. The Labute approximate surface area is 202 Å². The van der Waals surface area contributed by atoms with Gasteiger partial charge in [-0.3, -0.25) is 9.59 Å². The summed E-state index contributed by atoms with van der Waals surface area (Å²) < 4.78 is 41.0. The van der Waals surface area contributed by atoms with Crippen LogP contribution >= 0.6 is 0 Å². The molecule has 186 valence electrons. The highest BCUT2D eigenvalue weighted by molar-refractivity contribution is 6.08. The number of rotatable bonds is 7. The van der Waals surface area contributed by atoms with Crippen molar-refractivity contribution in [2.24, 2.45) is 17.1 Å². The summed E-state index contributed by atoms with van der Waals surface area (Å²) in [5.41, 5.74) is 6.48. The number of nitrogens with zero attached hydrogens (tertiary/aromatic N) is 1. The number of piperidine rings is 1. The summed E-state index contributed by atoms with van der Waals surface area (Å²) in [6, 6.07) is 10.6. The predicted molar refractivity (Wildman–Crippen MR) is 124 cm³/mol. The Kier molecular flexibility index (Phi) is 6.34. The number of hydrogen-bond acceptors (Lipinski definition) is 3. The molecule has 4 atom stereocenters. The molecule has 1 aliphatic carbocycles. The van der Waals surface area contributed by atoms with Crippen LogP contribution in [0.1, 0.15) is 49.7 Å². The molecule has 35 heavy (non-hydrogen) atoms. The van der Waals surface area contributed by atoms with Crippen LogP contribution in [0.3, 0.4) is 0 Å². The van der Waals surface area contributed by atoms with Gasteiger partial charge in [-0.1, -0.05) is 30.3 Å².